The normalized spacial score (nSPS) is 23.5. The highest BCUT2D eigenvalue weighted by Crippen LogP contribution is 2.32. The maximum atomic E-state index is 12.5. The molecular formula is C14H19Cl2NO3S. The summed E-state index contributed by atoms with van der Waals surface area (Å²) in [6.45, 7) is 0.865. The molecule has 118 valence electrons. The van der Waals surface area contributed by atoms with Crippen LogP contribution in [0.2, 0.25) is 10.0 Å². The fourth-order valence-corrected chi connectivity index (χ4v) is 4.77. The predicted octanol–water partition coefficient (Wildman–Crippen LogP) is 2.83. The van der Waals surface area contributed by atoms with E-state index in [-0.39, 0.29) is 5.92 Å². The second kappa shape index (κ2) is 6.84. The number of hydrogen-bond donors (Lipinski definition) is 0. The molecule has 1 saturated heterocycles. The van der Waals surface area contributed by atoms with Crippen molar-refractivity contribution in [2.75, 3.05) is 27.3 Å². The Kier molecular flexibility index (Phi) is 5.54. The van der Waals surface area contributed by atoms with Gasteiger partial charge in [0.15, 0.2) is 0 Å². The molecule has 0 aliphatic carbocycles. The smallest absolute Gasteiger partial charge is 0.216 e. The summed E-state index contributed by atoms with van der Waals surface area (Å²) < 4.78 is 31.7. The van der Waals surface area contributed by atoms with Crippen molar-refractivity contribution in [3.05, 3.63) is 33.8 Å². The number of halogens is 2. The summed E-state index contributed by atoms with van der Waals surface area (Å²) in [4.78, 5) is 0. The predicted molar refractivity (Wildman–Crippen MR) is 85.5 cm³/mol. The summed E-state index contributed by atoms with van der Waals surface area (Å²) in [5, 5.41) is 0.664. The van der Waals surface area contributed by atoms with Gasteiger partial charge in [0.2, 0.25) is 10.0 Å². The van der Waals surface area contributed by atoms with Crippen molar-refractivity contribution in [1.29, 1.82) is 0 Å². The van der Waals surface area contributed by atoms with Crippen LogP contribution in [-0.2, 0) is 21.2 Å². The van der Waals surface area contributed by atoms with Crippen LogP contribution in [0.25, 0.3) is 0 Å². The van der Waals surface area contributed by atoms with E-state index in [1.54, 1.807) is 32.3 Å². The van der Waals surface area contributed by atoms with Gasteiger partial charge in [-0.2, -0.15) is 0 Å². The molecule has 2 rings (SSSR count). The first kappa shape index (κ1) is 17.0. The summed E-state index contributed by atoms with van der Waals surface area (Å²) in [5.41, 5.74) is 0.787. The minimum absolute atomic E-state index is 0.149. The summed E-state index contributed by atoms with van der Waals surface area (Å²) >= 11 is 12.4. The molecule has 21 heavy (non-hydrogen) atoms. The maximum absolute atomic E-state index is 12.5. The Morgan fingerprint density at radius 3 is 2.48 bits per heavy atom. The zero-order valence-corrected chi connectivity index (χ0v) is 14.4. The molecule has 4 nitrogen and oxygen atoms in total. The molecule has 7 heteroatoms. The van der Waals surface area contributed by atoms with Gasteiger partial charge in [-0.3, -0.25) is 0 Å². The van der Waals surface area contributed by atoms with E-state index in [1.165, 1.54) is 4.31 Å². The van der Waals surface area contributed by atoms with Gasteiger partial charge in [-0.25, -0.2) is 12.7 Å². The maximum Gasteiger partial charge on any atom is 0.216 e. The van der Waals surface area contributed by atoms with Gasteiger partial charge in [0.25, 0.3) is 0 Å². The summed E-state index contributed by atoms with van der Waals surface area (Å²) in [7, 11) is -0.208. The highest BCUT2D eigenvalue weighted by Gasteiger charge is 2.37. The van der Waals surface area contributed by atoms with Crippen molar-refractivity contribution in [2.45, 2.75) is 18.1 Å². The lowest BCUT2D eigenvalue weighted by atomic mass is 9.93. The van der Waals surface area contributed by atoms with Crippen molar-refractivity contribution in [3.8, 4) is 0 Å². The summed E-state index contributed by atoms with van der Waals surface area (Å²) in [6.07, 6.45) is 0.990. The number of benzene rings is 1. The first-order chi connectivity index (χ1) is 9.84. The number of rotatable bonds is 4. The Morgan fingerprint density at radius 1 is 1.29 bits per heavy atom. The van der Waals surface area contributed by atoms with Crippen LogP contribution in [0, 0.1) is 5.92 Å². The number of hydrogen-bond acceptors (Lipinski definition) is 3. The molecule has 0 amide bonds. The second-order valence-electron chi connectivity index (χ2n) is 5.39. The zero-order valence-electron chi connectivity index (χ0n) is 12.1. The van der Waals surface area contributed by atoms with E-state index in [9.17, 15) is 8.42 Å². The van der Waals surface area contributed by atoms with Gasteiger partial charge in [0.1, 0.15) is 0 Å². The lowest BCUT2D eigenvalue weighted by Gasteiger charge is -2.33. The molecule has 0 radical (unpaired) electrons. The summed E-state index contributed by atoms with van der Waals surface area (Å²) in [6, 6.07) is 5.31. The van der Waals surface area contributed by atoms with Gasteiger partial charge in [-0.05, 0) is 30.5 Å². The average molecular weight is 352 g/mol. The Morgan fingerprint density at radius 2 is 1.90 bits per heavy atom. The Labute approximate surface area is 136 Å². The van der Waals surface area contributed by atoms with Crippen LogP contribution in [-0.4, -0.2) is 45.3 Å². The quantitative estimate of drug-likeness (QED) is 0.837. The van der Waals surface area contributed by atoms with E-state index in [0.717, 1.165) is 5.56 Å². The van der Waals surface area contributed by atoms with Gasteiger partial charge in [0, 0.05) is 36.7 Å². The summed E-state index contributed by atoms with van der Waals surface area (Å²) in [5.74, 6) is -0.149. The molecule has 0 saturated carbocycles. The second-order valence-corrected chi connectivity index (χ2v) is 8.57. The van der Waals surface area contributed by atoms with E-state index in [0.29, 0.717) is 36.1 Å². The first-order valence-electron chi connectivity index (χ1n) is 6.76. The van der Waals surface area contributed by atoms with Crippen LogP contribution < -0.4 is 0 Å². The van der Waals surface area contributed by atoms with Crippen LogP contribution in [0.4, 0.5) is 0 Å². The molecule has 2 atom stereocenters. The zero-order chi connectivity index (χ0) is 15.6. The molecule has 1 fully saturated rings. The van der Waals surface area contributed by atoms with Gasteiger partial charge in [-0.1, -0.05) is 29.3 Å². The largest absolute Gasteiger partial charge is 0.381 e. The molecule has 1 aromatic carbocycles. The van der Waals surface area contributed by atoms with E-state index < -0.39 is 15.3 Å². The van der Waals surface area contributed by atoms with Crippen molar-refractivity contribution >= 4 is 33.2 Å². The molecule has 0 bridgehead atoms. The third kappa shape index (κ3) is 3.71. The molecule has 1 aliphatic rings. The number of sulfonamides is 1. The fraction of sp³-hybridized carbons (Fsp3) is 0.571. The highest BCUT2D eigenvalue weighted by atomic mass is 35.5. The lowest BCUT2D eigenvalue weighted by molar-refractivity contribution is 0.0564. The van der Waals surface area contributed by atoms with Crippen molar-refractivity contribution < 1.29 is 13.2 Å². The SMILES string of the molecule is CN(C)S(=O)(=O)[C@@H]1CCOC[C@@H]1Cc1c(Cl)cccc1Cl. The Hall–Kier alpha value is -0.330. The molecule has 1 aliphatic heterocycles. The Balaban J connectivity index is 2.28. The first-order valence-corrected chi connectivity index (χ1v) is 9.02. The number of nitrogens with zero attached hydrogens (tertiary/aromatic N) is 1. The molecule has 0 spiro atoms. The molecule has 0 unspecified atom stereocenters. The van der Waals surface area contributed by atoms with Crippen LogP contribution in [0.1, 0.15) is 12.0 Å². The van der Waals surface area contributed by atoms with E-state index in [2.05, 4.69) is 0 Å². The van der Waals surface area contributed by atoms with Crippen LogP contribution in [0.5, 0.6) is 0 Å². The van der Waals surface area contributed by atoms with E-state index >= 15 is 0 Å². The number of ether oxygens (including phenoxy) is 1. The average Bonchev–Trinajstić information content (AvgIpc) is 2.43. The van der Waals surface area contributed by atoms with Crippen LogP contribution in [0.3, 0.4) is 0 Å². The van der Waals surface area contributed by atoms with E-state index in [1.807, 2.05) is 0 Å². The lowest BCUT2D eigenvalue weighted by Crippen LogP contribution is -2.44. The van der Waals surface area contributed by atoms with Crippen LogP contribution >= 0.6 is 23.2 Å². The minimum atomic E-state index is -3.33. The van der Waals surface area contributed by atoms with Gasteiger partial charge in [-0.15, -0.1) is 0 Å². The molecule has 1 aromatic rings. The fourth-order valence-electron chi connectivity index (χ4n) is 2.62. The standard InChI is InChI=1S/C14H19Cl2NO3S/c1-17(2)21(18,19)14-6-7-20-9-10(14)8-11-12(15)4-3-5-13(11)16/h3-5,10,14H,6-9H2,1-2H3/t10-,14+/m0/s1. The van der Waals surface area contributed by atoms with Crippen molar-refractivity contribution in [2.24, 2.45) is 5.92 Å². The highest BCUT2D eigenvalue weighted by molar-refractivity contribution is 7.89. The van der Waals surface area contributed by atoms with Crippen LogP contribution in [0.15, 0.2) is 18.2 Å². The third-order valence-corrected chi connectivity index (χ3v) is 6.94. The van der Waals surface area contributed by atoms with Gasteiger partial charge < -0.3 is 4.74 Å². The molecule has 1 heterocycles. The Bertz CT molecular complexity index is 584. The molecule has 0 N–H and O–H groups in total. The molecular weight excluding hydrogens is 333 g/mol. The van der Waals surface area contributed by atoms with Gasteiger partial charge >= 0.3 is 0 Å². The topological polar surface area (TPSA) is 46.6 Å². The monoisotopic (exact) mass is 351 g/mol. The van der Waals surface area contributed by atoms with E-state index in [4.69, 9.17) is 27.9 Å². The van der Waals surface area contributed by atoms with Gasteiger partial charge in [0.05, 0.1) is 11.9 Å². The third-order valence-electron chi connectivity index (χ3n) is 3.82. The minimum Gasteiger partial charge on any atom is -0.381 e. The molecule has 0 aromatic heterocycles. The van der Waals surface area contributed by atoms with Crippen molar-refractivity contribution in [1.82, 2.24) is 4.31 Å². The van der Waals surface area contributed by atoms with Crippen molar-refractivity contribution in [3.63, 3.8) is 0 Å².